The molecule has 0 unspecified atom stereocenters. The molecule has 0 saturated carbocycles. The van der Waals surface area contributed by atoms with Gasteiger partial charge in [0, 0.05) is 23.0 Å². The van der Waals surface area contributed by atoms with E-state index in [0.29, 0.717) is 27.7 Å². The first kappa shape index (κ1) is 16.9. The third kappa shape index (κ3) is 4.13. The zero-order valence-electron chi connectivity index (χ0n) is 13.7. The van der Waals surface area contributed by atoms with Crippen molar-refractivity contribution in [1.29, 1.82) is 0 Å². The molecule has 7 nitrogen and oxygen atoms in total. The van der Waals surface area contributed by atoms with E-state index < -0.39 is 6.09 Å². The number of carbonyl (C=O) groups excluding carboxylic acids is 1. The second kappa shape index (κ2) is 7.31. The van der Waals surface area contributed by atoms with Crippen LogP contribution in [0.5, 0.6) is 0 Å². The number of nitrogens with zero attached hydrogens (tertiary/aromatic N) is 3. The summed E-state index contributed by atoms with van der Waals surface area (Å²) in [6.45, 7) is 3.83. The smallest absolute Gasteiger partial charge is 0.412 e. The van der Waals surface area contributed by atoms with Gasteiger partial charge in [0.1, 0.15) is 11.3 Å². The van der Waals surface area contributed by atoms with Gasteiger partial charge in [-0.3, -0.25) is 5.32 Å². The summed E-state index contributed by atoms with van der Waals surface area (Å²) in [6.07, 6.45) is 1.09. The Labute approximate surface area is 149 Å². The van der Waals surface area contributed by atoms with Crippen LogP contribution in [-0.4, -0.2) is 27.7 Å². The van der Waals surface area contributed by atoms with Crippen LogP contribution >= 0.6 is 11.6 Å². The number of hydrogen-bond donors (Lipinski definition) is 2. The molecule has 3 aromatic rings. The molecule has 0 radical (unpaired) electrons. The number of ether oxygens (including phenoxy) is 1. The van der Waals surface area contributed by atoms with Gasteiger partial charge in [0.25, 0.3) is 0 Å². The number of aromatic nitrogens is 3. The molecule has 25 heavy (non-hydrogen) atoms. The molecule has 0 aliphatic carbocycles. The highest BCUT2D eigenvalue weighted by Gasteiger charge is 2.12. The van der Waals surface area contributed by atoms with Gasteiger partial charge in [-0.05, 0) is 38.1 Å². The molecular formula is C17H16ClN5O2. The predicted molar refractivity (Wildman–Crippen MR) is 97.4 cm³/mol. The largest absolute Gasteiger partial charge is 0.450 e. The number of benzene rings is 1. The lowest BCUT2D eigenvalue weighted by atomic mass is 10.2. The average Bonchev–Trinajstić information content (AvgIpc) is 2.56. The molecule has 2 heterocycles. The Kier molecular flexibility index (Phi) is 4.95. The van der Waals surface area contributed by atoms with Crippen molar-refractivity contribution in [3.05, 3.63) is 47.2 Å². The third-order valence-electron chi connectivity index (χ3n) is 3.27. The van der Waals surface area contributed by atoms with Crippen LogP contribution in [0.3, 0.4) is 0 Å². The normalized spacial score (nSPS) is 10.5. The van der Waals surface area contributed by atoms with Crippen molar-refractivity contribution in [2.45, 2.75) is 13.8 Å². The van der Waals surface area contributed by atoms with Crippen molar-refractivity contribution in [2.75, 3.05) is 17.2 Å². The minimum atomic E-state index is -0.576. The first-order chi connectivity index (χ1) is 12.0. The van der Waals surface area contributed by atoms with Gasteiger partial charge >= 0.3 is 6.09 Å². The Morgan fingerprint density at radius 2 is 2.00 bits per heavy atom. The molecule has 0 aliphatic rings. The zero-order valence-corrected chi connectivity index (χ0v) is 14.5. The Hall–Kier alpha value is -2.93. The fourth-order valence-corrected chi connectivity index (χ4v) is 2.33. The van der Waals surface area contributed by atoms with E-state index in [1.807, 2.05) is 19.1 Å². The number of halogens is 1. The number of rotatable bonds is 4. The van der Waals surface area contributed by atoms with Crippen LogP contribution in [0, 0.1) is 6.92 Å². The van der Waals surface area contributed by atoms with Gasteiger partial charge in [-0.1, -0.05) is 11.6 Å². The highest BCUT2D eigenvalue weighted by molar-refractivity contribution is 6.30. The summed E-state index contributed by atoms with van der Waals surface area (Å²) < 4.78 is 4.89. The van der Waals surface area contributed by atoms with Crippen LogP contribution in [0.25, 0.3) is 11.2 Å². The van der Waals surface area contributed by atoms with Crippen LogP contribution in [0.15, 0.2) is 36.5 Å². The van der Waals surface area contributed by atoms with Crippen molar-refractivity contribution >= 4 is 46.1 Å². The second-order valence-electron chi connectivity index (χ2n) is 5.22. The number of aryl methyl sites for hydroxylation is 1. The summed E-state index contributed by atoms with van der Waals surface area (Å²) in [5.74, 6) is 0.322. The van der Waals surface area contributed by atoms with E-state index in [0.717, 1.165) is 11.4 Å². The number of carbonyl (C=O) groups is 1. The van der Waals surface area contributed by atoms with Gasteiger partial charge in [0.15, 0.2) is 5.65 Å². The van der Waals surface area contributed by atoms with Crippen molar-refractivity contribution in [3.63, 3.8) is 0 Å². The molecule has 1 amide bonds. The molecule has 0 atom stereocenters. The van der Waals surface area contributed by atoms with Gasteiger partial charge in [-0.2, -0.15) is 0 Å². The maximum absolute atomic E-state index is 11.7. The summed E-state index contributed by atoms with van der Waals surface area (Å²) in [4.78, 5) is 24.8. The van der Waals surface area contributed by atoms with Gasteiger partial charge < -0.3 is 10.1 Å². The van der Waals surface area contributed by atoms with E-state index in [2.05, 4.69) is 25.6 Å². The van der Waals surface area contributed by atoms with Gasteiger partial charge in [-0.15, -0.1) is 0 Å². The Morgan fingerprint density at radius 1 is 1.24 bits per heavy atom. The van der Waals surface area contributed by atoms with E-state index in [4.69, 9.17) is 16.3 Å². The van der Waals surface area contributed by atoms with Gasteiger partial charge in [0.2, 0.25) is 0 Å². The maximum atomic E-state index is 11.7. The summed E-state index contributed by atoms with van der Waals surface area (Å²) in [6, 6.07) is 8.92. The van der Waals surface area contributed by atoms with E-state index in [-0.39, 0.29) is 6.61 Å². The van der Waals surface area contributed by atoms with Crippen LogP contribution in [0.4, 0.5) is 22.0 Å². The molecule has 0 aliphatic heterocycles. The number of nitrogens with one attached hydrogen (secondary N) is 2. The molecule has 8 heteroatoms. The summed E-state index contributed by atoms with van der Waals surface area (Å²) >= 11 is 5.92. The third-order valence-corrected chi connectivity index (χ3v) is 3.52. The quantitative estimate of drug-likeness (QED) is 0.723. The molecule has 128 valence electrons. The number of fused-ring (bicyclic) bond motifs is 1. The minimum absolute atomic E-state index is 0.272. The monoisotopic (exact) mass is 357 g/mol. The summed E-state index contributed by atoms with van der Waals surface area (Å²) in [5.41, 5.74) is 3.22. The lowest BCUT2D eigenvalue weighted by molar-refractivity contribution is 0.168. The molecule has 0 fully saturated rings. The van der Waals surface area contributed by atoms with Crippen molar-refractivity contribution in [3.8, 4) is 0 Å². The minimum Gasteiger partial charge on any atom is -0.450 e. The maximum Gasteiger partial charge on any atom is 0.412 e. The lowest BCUT2D eigenvalue weighted by Gasteiger charge is -2.12. The Morgan fingerprint density at radius 3 is 2.72 bits per heavy atom. The van der Waals surface area contributed by atoms with E-state index in [9.17, 15) is 4.79 Å². The lowest BCUT2D eigenvalue weighted by Crippen LogP contribution is -2.14. The summed E-state index contributed by atoms with van der Waals surface area (Å²) in [5, 5.41) is 6.48. The SMILES string of the molecule is CCOC(=O)Nc1cc(Nc2ccc(Cl)cc2)c2ncc(C)nc2n1. The standard InChI is InChI=1S/C17H16ClN5O2/c1-3-25-17(24)23-14-8-13(21-12-6-4-11(18)5-7-12)15-16(22-14)20-10(2)9-19-15/h4-9H,3H2,1-2H3,(H2,20,21,22,23,24). The Bertz CT molecular complexity index is 915. The second-order valence-corrected chi connectivity index (χ2v) is 5.65. The van der Waals surface area contributed by atoms with Crippen LogP contribution in [0.1, 0.15) is 12.6 Å². The first-order valence-corrected chi connectivity index (χ1v) is 8.03. The van der Waals surface area contributed by atoms with Crippen molar-refractivity contribution < 1.29 is 9.53 Å². The number of anilines is 3. The highest BCUT2D eigenvalue weighted by atomic mass is 35.5. The number of pyridine rings is 1. The van der Waals surface area contributed by atoms with E-state index >= 15 is 0 Å². The zero-order chi connectivity index (χ0) is 17.8. The van der Waals surface area contributed by atoms with E-state index in [1.165, 1.54) is 0 Å². The van der Waals surface area contributed by atoms with Gasteiger partial charge in [0.05, 0.1) is 18.0 Å². The molecule has 3 rings (SSSR count). The predicted octanol–water partition coefficient (Wildman–Crippen LogP) is 4.30. The van der Waals surface area contributed by atoms with Crippen LogP contribution in [-0.2, 0) is 4.74 Å². The van der Waals surface area contributed by atoms with Crippen molar-refractivity contribution in [2.24, 2.45) is 0 Å². The molecule has 2 aromatic heterocycles. The van der Waals surface area contributed by atoms with Crippen LogP contribution < -0.4 is 10.6 Å². The van der Waals surface area contributed by atoms with Gasteiger partial charge in [-0.25, -0.2) is 19.7 Å². The first-order valence-electron chi connectivity index (χ1n) is 7.66. The number of amides is 1. The summed E-state index contributed by atoms with van der Waals surface area (Å²) in [7, 11) is 0. The number of hydrogen-bond acceptors (Lipinski definition) is 6. The topological polar surface area (TPSA) is 89.0 Å². The molecule has 0 spiro atoms. The fraction of sp³-hybridized carbons (Fsp3) is 0.176. The molecule has 1 aromatic carbocycles. The molecule has 0 bridgehead atoms. The molecule has 0 saturated heterocycles. The highest BCUT2D eigenvalue weighted by Crippen LogP contribution is 2.27. The molecular weight excluding hydrogens is 342 g/mol. The average molecular weight is 358 g/mol. The fourth-order valence-electron chi connectivity index (χ4n) is 2.20. The van der Waals surface area contributed by atoms with Crippen molar-refractivity contribution in [1.82, 2.24) is 15.0 Å². The van der Waals surface area contributed by atoms with E-state index in [1.54, 1.807) is 31.3 Å². The van der Waals surface area contributed by atoms with Crippen LogP contribution in [0.2, 0.25) is 5.02 Å². The Balaban J connectivity index is 2.01. The molecule has 2 N–H and O–H groups in total.